The second-order valence-electron chi connectivity index (χ2n) is 8.53. The van der Waals surface area contributed by atoms with Gasteiger partial charge in [0.15, 0.2) is 5.78 Å². The van der Waals surface area contributed by atoms with Crippen molar-refractivity contribution in [3.05, 3.63) is 60.6 Å². The van der Waals surface area contributed by atoms with Crippen LogP contribution in [0.25, 0.3) is 22.0 Å². The topological polar surface area (TPSA) is 81.7 Å². The third kappa shape index (κ3) is 4.68. The van der Waals surface area contributed by atoms with Crippen LogP contribution >= 0.6 is 0 Å². The number of piperidine rings is 1. The van der Waals surface area contributed by atoms with E-state index in [-0.39, 0.29) is 24.9 Å². The summed E-state index contributed by atoms with van der Waals surface area (Å²) in [5.41, 5.74) is 3.39. The molecule has 8 nitrogen and oxygen atoms in total. The van der Waals surface area contributed by atoms with E-state index in [1.807, 2.05) is 48.5 Å². The summed E-state index contributed by atoms with van der Waals surface area (Å²) < 4.78 is 16.2. The van der Waals surface area contributed by atoms with Crippen molar-refractivity contribution >= 4 is 16.7 Å². The molecule has 1 saturated heterocycles. The summed E-state index contributed by atoms with van der Waals surface area (Å²) in [6.07, 6.45) is 10.9. The maximum Gasteiger partial charge on any atom is 0.173 e. The molecule has 0 amide bonds. The Morgan fingerprint density at radius 3 is 2.70 bits per heavy atom. The number of carbonyl (C=O) groups is 1. The molecule has 3 aromatic heterocycles. The summed E-state index contributed by atoms with van der Waals surface area (Å²) in [4.78, 5) is 24.0. The lowest BCUT2D eigenvalue weighted by Crippen LogP contribution is -2.36. The molecule has 170 valence electrons. The third-order valence-electron chi connectivity index (χ3n) is 6.24. The largest absolute Gasteiger partial charge is 0.301 e. The molecule has 33 heavy (non-hydrogen) atoms. The van der Waals surface area contributed by atoms with Crippen LogP contribution < -0.4 is 0 Å². The molecule has 0 radical (unpaired) electrons. The minimum atomic E-state index is -0.313. The SMILES string of the molecule is Cn1cc(-c2ccc3cnc(CC(=O)c4cnn(C5CCN(CCF)CC5)c4)nc3c2)cn1. The number of rotatable bonds is 7. The monoisotopic (exact) mass is 447 g/mol. The Bertz CT molecular complexity index is 1270. The molecular weight excluding hydrogens is 421 g/mol. The fraction of sp³-hybridized carbons (Fsp3) is 0.375. The number of benzene rings is 1. The molecule has 0 bridgehead atoms. The summed E-state index contributed by atoms with van der Waals surface area (Å²) in [5, 5.41) is 9.57. The minimum absolute atomic E-state index is 0.0566. The summed E-state index contributed by atoms with van der Waals surface area (Å²) >= 11 is 0. The van der Waals surface area contributed by atoms with Crippen LogP contribution in [0.15, 0.2) is 49.2 Å². The molecule has 0 saturated carbocycles. The van der Waals surface area contributed by atoms with Crippen LogP contribution in [-0.2, 0) is 13.5 Å². The molecule has 4 aromatic rings. The number of halogens is 1. The van der Waals surface area contributed by atoms with Gasteiger partial charge in [-0.3, -0.25) is 14.2 Å². The summed E-state index contributed by atoms with van der Waals surface area (Å²) in [6.45, 7) is 1.88. The second-order valence-corrected chi connectivity index (χ2v) is 8.53. The van der Waals surface area contributed by atoms with Crippen LogP contribution in [0.1, 0.15) is 35.1 Å². The zero-order valence-electron chi connectivity index (χ0n) is 18.6. The van der Waals surface area contributed by atoms with Gasteiger partial charge in [-0.05, 0) is 24.5 Å². The smallest absolute Gasteiger partial charge is 0.173 e. The van der Waals surface area contributed by atoms with E-state index in [9.17, 15) is 9.18 Å². The molecule has 0 unspecified atom stereocenters. The molecule has 4 heterocycles. The predicted molar refractivity (Wildman–Crippen MR) is 123 cm³/mol. The van der Waals surface area contributed by atoms with Gasteiger partial charge in [-0.15, -0.1) is 0 Å². The van der Waals surface area contributed by atoms with Gasteiger partial charge in [0.1, 0.15) is 12.5 Å². The van der Waals surface area contributed by atoms with Crippen molar-refractivity contribution in [2.75, 3.05) is 26.3 Å². The van der Waals surface area contributed by atoms with Crippen molar-refractivity contribution in [1.82, 2.24) is 34.4 Å². The number of fused-ring (bicyclic) bond motifs is 1. The van der Waals surface area contributed by atoms with E-state index >= 15 is 0 Å². The molecular formula is C24H26FN7O. The van der Waals surface area contributed by atoms with Gasteiger partial charge in [0, 0.05) is 56.2 Å². The van der Waals surface area contributed by atoms with Gasteiger partial charge in [-0.25, -0.2) is 14.4 Å². The van der Waals surface area contributed by atoms with Crippen LogP contribution in [0.2, 0.25) is 0 Å². The Labute approximate surface area is 191 Å². The van der Waals surface area contributed by atoms with Crippen molar-refractivity contribution in [3.8, 4) is 11.1 Å². The number of Topliss-reactive ketones (excluding diaryl/α,β-unsaturated/α-hetero) is 1. The van der Waals surface area contributed by atoms with Crippen LogP contribution in [0.4, 0.5) is 4.39 Å². The fourth-order valence-corrected chi connectivity index (χ4v) is 4.35. The first-order valence-electron chi connectivity index (χ1n) is 11.2. The van der Waals surface area contributed by atoms with Crippen molar-refractivity contribution in [1.29, 1.82) is 0 Å². The van der Waals surface area contributed by atoms with E-state index in [4.69, 9.17) is 0 Å². The van der Waals surface area contributed by atoms with E-state index in [1.54, 1.807) is 17.1 Å². The first kappa shape index (κ1) is 21.4. The van der Waals surface area contributed by atoms with E-state index in [0.717, 1.165) is 48.0 Å². The highest BCUT2D eigenvalue weighted by Crippen LogP contribution is 2.24. The number of hydrogen-bond donors (Lipinski definition) is 0. The molecule has 5 rings (SSSR count). The summed E-state index contributed by atoms with van der Waals surface area (Å²) in [7, 11) is 1.88. The molecule has 1 aliphatic rings. The van der Waals surface area contributed by atoms with Gasteiger partial charge in [-0.2, -0.15) is 10.2 Å². The van der Waals surface area contributed by atoms with E-state index < -0.39 is 0 Å². The predicted octanol–water partition coefficient (Wildman–Crippen LogP) is 3.26. The number of hydrogen-bond acceptors (Lipinski definition) is 6. The van der Waals surface area contributed by atoms with Gasteiger partial charge in [0.25, 0.3) is 0 Å². The van der Waals surface area contributed by atoms with Crippen LogP contribution in [-0.4, -0.2) is 66.5 Å². The van der Waals surface area contributed by atoms with Crippen molar-refractivity contribution in [2.45, 2.75) is 25.3 Å². The van der Waals surface area contributed by atoms with Gasteiger partial charge in [0.2, 0.25) is 0 Å². The Hall–Kier alpha value is -3.46. The summed E-state index contributed by atoms with van der Waals surface area (Å²) in [5.74, 6) is 0.432. The number of alkyl halides is 1. The number of carbonyl (C=O) groups excluding carboxylic acids is 1. The van der Waals surface area contributed by atoms with Crippen LogP contribution in [0, 0.1) is 0 Å². The first-order chi connectivity index (χ1) is 16.1. The van der Waals surface area contributed by atoms with Crippen LogP contribution in [0.5, 0.6) is 0 Å². The van der Waals surface area contributed by atoms with Gasteiger partial charge in [-0.1, -0.05) is 12.1 Å². The summed E-state index contributed by atoms with van der Waals surface area (Å²) in [6, 6.07) is 6.23. The zero-order chi connectivity index (χ0) is 22.8. The fourth-order valence-electron chi connectivity index (χ4n) is 4.35. The maximum atomic E-state index is 12.9. The molecule has 1 fully saturated rings. The van der Waals surface area contributed by atoms with Gasteiger partial charge < -0.3 is 4.90 Å². The van der Waals surface area contributed by atoms with Crippen molar-refractivity contribution in [2.24, 2.45) is 7.05 Å². The second kappa shape index (κ2) is 9.19. The number of aromatic nitrogens is 6. The lowest BCUT2D eigenvalue weighted by molar-refractivity contribution is 0.0990. The number of nitrogens with zero attached hydrogens (tertiary/aromatic N) is 7. The maximum absolute atomic E-state index is 12.9. The quantitative estimate of drug-likeness (QED) is 0.405. The Kier molecular flexibility index (Phi) is 5.95. The Morgan fingerprint density at radius 1 is 1.09 bits per heavy atom. The highest BCUT2D eigenvalue weighted by molar-refractivity contribution is 5.97. The number of likely N-dealkylation sites (tertiary alicyclic amines) is 1. The number of ketones is 1. The first-order valence-corrected chi connectivity index (χ1v) is 11.2. The molecule has 0 spiro atoms. The van der Waals surface area contributed by atoms with Crippen LogP contribution in [0.3, 0.4) is 0 Å². The normalized spacial score (nSPS) is 15.3. The highest BCUT2D eigenvalue weighted by atomic mass is 19.1. The van der Waals surface area contributed by atoms with E-state index in [1.165, 1.54) is 0 Å². The van der Waals surface area contributed by atoms with Gasteiger partial charge >= 0.3 is 0 Å². The zero-order valence-corrected chi connectivity index (χ0v) is 18.6. The Balaban J connectivity index is 1.28. The van der Waals surface area contributed by atoms with E-state index in [2.05, 4.69) is 25.1 Å². The number of aryl methyl sites for hydroxylation is 1. The third-order valence-corrected chi connectivity index (χ3v) is 6.24. The highest BCUT2D eigenvalue weighted by Gasteiger charge is 2.22. The minimum Gasteiger partial charge on any atom is -0.301 e. The molecule has 1 aliphatic heterocycles. The molecule has 1 aromatic carbocycles. The average Bonchev–Trinajstić information content (AvgIpc) is 3.49. The Morgan fingerprint density at radius 2 is 1.94 bits per heavy atom. The van der Waals surface area contributed by atoms with Crippen molar-refractivity contribution < 1.29 is 9.18 Å². The standard InChI is InChI=1S/C24H26FN7O/c1-30-15-19(13-27-30)17-2-3-18-12-26-24(29-22(18)10-17)11-23(33)20-14-28-32(16-20)21-4-7-31(8-5-21)9-6-25/h2-3,10,12-16,21H,4-9,11H2,1H3. The molecule has 0 aliphatic carbocycles. The van der Waals surface area contributed by atoms with E-state index in [0.29, 0.717) is 17.9 Å². The lowest BCUT2D eigenvalue weighted by atomic mass is 10.1. The molecule has 0 atom stereocenters. The molecule has 9 heteroatoms. The molecule has 0 N–H and O–H groups in total. The van der Waals surface area contributed by atoms with Crippen molar-refractivity contribution in [3.63, 3.8) is 0 Å². The lowest BCUT2D eigenvalue weighted by Gasteiger charge is -2.31. The van der Waals surface area contributed by atoms with Gasteiger partial charge in [0.05, 0.1) is 35.9 Å². The average molecular weight is 448 g/mol.